The van der Waals surface area contributed by atoms with Crippen molar-refractivity contribution < 1.29 is 22.7 Å². The highest BCUT2D eigenvalue weighted by Gasteiger charge is 2.32. The second kappa shape index (κ2) is 6.85. The van der Waals surface area contributed by atoms with Crippen molar-refractivity contribution in [3.8, 4) is 0 Å². The highest BCUT2D eigenvalue weighted by atomic mass is 19.4. The van der Waals surface area contributed by atoms with E-state index in [2.05, 4.69) is 5.32 Å². The number of rotatable bonds is 3. The molecular formula is C16H20F3NO2. The summed E-state index contributed by atoms with van der Waals surface area (Å²) in [4.78, 5) is 11.4. The predicted octanol–water partition coefficient (Wildman–Crippen LogP) is 4.55. The van der Waals surface area contributed by atoms with E-state index in [0.29, 0.717) is 5.56 Å². The number of ether oxygens (including phenoxy) is 1. The van der Waals surface area contributed by atoms with E-state index < -0.39 is 23.4 Å². The Morgan fingerprint density at radius 2 is 1.91 bits per heavy atom. The summed E-state index contributed by atoms with van der Waals surface area (Å²) < 4.78 is 43.4. The number of hydrogen-bond donors (Lipinski definition) is 1. The van der Waals surface area contributed by atoms with E-state index in [1.165, 1.54) is 13.0 Å². The van der Waals surface area contributed by atoms with Crippen LogP contribution in [0.1, 0.15) is 37.5 Å². The van der Waals surface area contributed by atoms with Crippen molar-refractivity contribution in [2.45, 2.75) is 39.5 Å². The third-order valence-corrected chi connectivity index (χ3v) is 2.74. The van der Waals surface area contributed by atoms with Gasteiger partial charge >= 0.3 is 12.3 Å². The number of carbonyl (C=O) groups excluding carboxylic acids is 1. The Hall–Kier alpha value is -1.98. The lowest BCUT2D eigenvalue weighted by molar-refractivity contribution is -0.138. The van der Waals surface area contributed by atoms with Crippen LogP contribution in [-0.4, -0.2) is 18.2 Å². The van der Waals surface area contributed by atoms with Crippen molar-refractivity contribution in [1.82, 2.24) is 5.32 Å². The van der Waals surface area contributed by atoms with Crippen molar-refractivity contribution in [3.05, 3.63) is 41.0 Å². The van der Waals surface area contributed by atoms with E-state index in [1.54, 1.807) is 39.0 Å². The first-order valence-electron chi connectivity index (χ1n) is 6.81. The molecule has 0 saturated carbocycles. The summed E-state index contributed by atoms with van der Waals surface area (Å²) in [6.07, 6.45) is -1.82. The largest absolute Gasteiger partial charge is 0.444 e. The molecule has 0 aromatic heterocycles. The van der Waals surface area contributed by atoms with Crippen LogP contribution in [0, 0.1) is 6.92 Å². The molecule has 0 saturated heterocycles. The van der Waals surface area contributed by atoms with Gasteiger partial charge in [0.15, 0.2) is 0 Å². The lowest BCUT2D eigenvalue weighted by atomic mass is 10.0. The van der Waals surface area contributed by atoms with Crippen molar-refractivity contribution in [2.24, 2.45) is 0 Å². The summed E-state index contributed by atoms with van der Waals surface area (Å²) in [6, 6.07) is 4.00. The molecule has 0 bridgehead atoms. The van der Waals surface area contributed by atoms with Gasteiger partial charge in [0.1, 0.15) is 5.60 Å². The van der Waals surface area contributed by atoms with E-state index in [0.717, 1.165) is 6.07 Å². The van der Waals surface area contributed by atoms with Gasteiger partial charge < -0.3 is 10.1 Å². The quantitative estimate of drug-likeness (QED) is 0.888. The molecule has 0 unspecified atom stereocenters. The molecule has 0 heterocycles. The standard InChI is InChI=1S/C16H20F3NO2/c1-11-12(7-5-9-13(11)16(17,18)19)8-6-10-20-14(21)22-15(2,3)4/h5-9H,10H2,1-4H3,(H,20,21). The first-order valence-corrected chi connectivity index (χ1v) is 6.81. The number of hydrogen-bond acceptors (Lipinski definition) is 2. The minimum Gasteiger partial charge on any atom is -0.444 e. The minimum atomic E-state index is -4.37. The fourth-order valence-corrected chi connectivity index (χ4v) is 1.78. The molecule has 1 rings (SSSR count). The van der Waals surface area contributed by atoms with E-state index in [9.17, 15) is 18.0 Å². The molecule has 0 aliphatic rings. The van der Waals surface area contributed by atoms with Crippen LogP contribution in [0.15, 0.2) is 24.3 Å². The molecule has 1 amide bonds. The van der Waals surface area contributed by atoms with Crippen LogP contribution < -0.4 is 5.32 Å². The average molecular weight is 315 g/mol. The van der Waals surface area contributed by atoms with Crippen molar-refractivity contribution in [3.63, 3.8) is 0 Å². The molecule has 1 aromatic carbocycles. The van der Waals surface area contributed by atoms with Gasteiger partial charge in [-0.1, -0.05) is 24.3 Å². The van der Waals surface area contributed by atoms with E-state index >= 15 is 0 Å². The maximum Gasteiger partial charge on any atom is 0.416 e. The van der Waals surface area contributed by atoms with Crippen LogP contribution in [-0.2, 0) is 10.9 Å². The zero-order valence-corrected chi connectivity index (χ0v) is 13.0. The topological polar surface area (TPSA) is 38.3 Å². The fraction of sp³-hybridized carbons (Fsp3) is 0.438. The maximum absolute atomic E-state index is 12.8. The lowest BCUT2D eigenvalue weighted by Crippen LogP contribution is -2.32. The molecule has 0 fully saturated rings. The third-order valence-electron chi connectivity index (χ3n) is 2.74. The van der Waals surface area contributed by atoms with Crippen LogP contribution in [0.4, 0.5) is 18.0 Å². The summed E-state index contributed by atoms with van der Waals surface area (Å²) in [5.74, 6) is 0. The van der Waals surface area contributed by atoms with Crippen LogP contribution in [0.2, 0.25) is 0 Å². The molecule has 0 aliphatic heterocycles. The summed E-state index contributed by atoms with van der Waals surface area (Å²) in [5, 5.41) is 2.50. The minimum absolute atomic E-state index is 0.156. The molecule has 0 radical (unpaired) electrons. The number of alkyl halides is 3. The molecule has 1 N–H and O–H groups in total. The molecule has 122 valence electrons. The first-order chi connectivity index (χ1) is 10.0. The number of alkyl carbamates (subject to hydrolysis) is 1. The smallest absolute Gasteiger partial charge is 0.416 e. The molecule has 0 spiro atoms. The monoisotopic (exact) mass is 315 g/mol. The number of benzene rings is 1. The van der Waals surface area contributed by atoms with Crippen LogP contribution in [0.25, 0.3) is 6.08 Å². The molecule has 22 heavy (non-hydrogen) atoms. The van der Waals surface area contributed by atoms with Crippen LogP contribution >= 0.6 is 0 Å². The SMILES string of the molecule is Cc1c(C=CCNC(=O)OC(C)(C)C)cccc1C(F)(F)F. The number of amides is 1. The molecule has 0 atom stereocenters. The Kier molecular flexibility index (Phi) is 5.63. The van der Waals surface area contributed by atoms with Gasteiger partial charge in [0.05, 0.1) is 5.56 Å². The maximum atomic E-state index is 12.8. The van der Waals surface area contributed by atoms with Crippen molar-refractivity contribution in [2.75, 3.05) is 6.54 Å². The summed E-state index contributed by atoms with van der Waals surface area (Å²) in [5.41, 5.74) is -0.634. The number of nitrogens with one attached hydrogen (secondary N) is 1. The predicted molar refractivity (Wildman–Crippen MR) is 79.5 cm³/mol. The van der Waals surface area contributed by atoms with Crippen molar-refractivity contribution in [1.29, 1.82) is 0 Å². The lowest BCUT2D eigenvalue weighted by Gasteiger charge is -2.19. The Balaban J connectivity index is 2.67. The Labute approximate surface area is 128 Å². The second-order valence-corrected chi connectivity index (χ2v) is 5.80. The fourth-order valence-electron chi connectivity index (χ4n) is 1.78. The van der Waals surface area contributed by atoms with Gasteiger partial charge in [-0.25, -0.2) is 4.79 Å². The van der Waals surface area contributed by atoms with Gasteiger partial charge in [-0.3, -0.25) is 0 Å². The van der Waals surface area contributed by atoms with Gasteiger partial charge in [0.25, 0.3) is 0 Å². The molecule has 3 nitrogen and oxygen atoms in total. The molecule has 1 aromatic rings. The summed E-state index contributed by atoms with van der Waals surface area (Å²) in [6.45, 7) is 6.83. The van der Waals surface area contributed by atoms with Crippen LogP contribution in [0.5, 0.6) is 0 Å². The van der Waals surface area contributed by atoms with Gasteiger partial charge in [-0.05, 0) is 44.9 Å². The highest BCUT2D eigenvalue weighted by Crippen LogP contribution is 2.33. The number of halogens is 3. The third kappa shape index (κ3) is 5.79. The van der Waals surface area contributed by atoms with Gasteiger partial charge in [0.2, 0.25) is 0 Å². The molecule has 0 aliphatic carbocycles. The highest BCUT2D eigenvalue weighted by molar-refractivity contribution is 5.68. The second-order valence-electron chi connectivity index (χ2n) is 5.80. The van der Waals surface area contributed by atoms with Crippen molar-refractivity contribution >= 4 is 12.2 Å². The van der Waals surface area contributed by atoms with Gasteiger partial charge in [0, 0.05) is 6.54 Å². The summed E-state index contributed by atoms with van der Waals surface area (Å²) in [7, 11) is 0. The van der Waals surface area contributed by atoms with E-state index in [-0.39, 0.29) is 12.1 Å². The zero-order valence-electron chi connectivity index (χ0n) is 13.0. The van der Waals surface area contributed by atoms with Gasteiger partial charge in [-0.15, -0.1) is 0 Å². The average Bonchev–Trinajstić information content (AvgIpc) is 2.32. The number of carbonyl (C=O) groups is 1. The molecular weight excluding hydrogens is 295 g/mol. The van der Waals surface area contributed by atoms with E-state index in [1.807, 2.05) is 0 Å². The van der Waals surface area contributed by atoms with Gasteiger partial charge in [-0.2, -0.15) is 13.2 Å². The Morgan fingerprint density at radius 1 is 1.27 bits per heavy atom. The Morgan fingerprint density at radius 3 is 2.45 bits per heavy atom. The molecule has 6 heteroatoms. The summed E-state index contributed by atoms with van der Waals surface area (Å²) >= 11 is 0. The normalized spacial score (nSPS) is 12.5. The van der Waals surface area contributed by atoms with Crippen LogP contribution in [0.3, 0.4) is 0 Å². The Bertz CT molecular complexity index is 557. The first kappa shape index (κ1) is 18.1. The van der Waals surface area contributed by atoms with E-state index in [4.69, 9.17) is 4.74 Å². The zero-order chi connectivity index (χ0) is 17.0.